The predicted molar refractivity (Wildman–Crippen MR) is 67.0 cm³/mol. The Hall–Kier alpha value is -2.37. The number of carbonyl (C=O) groups is 1. The van der Waals surface area contributed by atoms with E-state index in [0.29, 0.717) is 23.1 Å². The fourth-order valence-corrected chi connectivity index (χ4v) is 1.71. The number of para-hydroxylation sites is 1. The number of carboxylic acid groups (broad SMARTS) is 1. The summed E-state index contributed by atoms with van der Waals surface area (Å²) in [7, 11) is 1.56. The summed E-state index contributed by atoms with van der Waals surface area (Å²) in [6.45, 7) is 1.73. The van der Waals surface area contributed by atoms with Crippen LogP contribution < -0.4 is 4.74 Å². The SMILES string of the molecule is COc1ccccc1-c1nnc(C(C)CC(=O)O)o1. The molecule has 6 heteroatoms. The molecule has 2 rings (SSSR count). The van der Waals surface area contributed by atoms with Crippen LogP contribution in [0.25, 0.3) is 11.5 Å². The number of aliphatic carboxylic acids is 1. The lowest BCUT2D eigenvalue weighted by molar-refractivity contribution is -0.137. The van der Waals surface area contributed by atoms with Gasteiger partial charge in [-0.25, -0.2) is 0 Å². The van der Waals surface area contributed by atoms with Gasteiger partial charge in [-0.15, -0.1) is 10.2 Å². The van der Waals surface area contributed by atoms with E-state index in [1.807, 2.05) is 12.1 Å². The second-order valence-corrected chi connectivity index (χ2v) is 4.14. The van der Waals surface area contributed by atoms with Gasteiger partial charge in [-0.05, 0) is 12.1 Å². The van der Waals surface area contributed by atoms with Gasteiger partial charge in [-0.2, -0.15) is 0 Å². The number of hydrogen-bond donors (Lipinski definition) is 1. The fourth-order valence-electron chi connectivity index (χ4n) is 1.71. The second-order valence-electron chi connectivity index (χ2n) is 4.14. The van der Waals surface area contributed by atoms with Gasteiger partial charge in [0.05, 0.1) is 19.1 Å². The van der Waals surface area contributed by atoms with Crippen molar-refractivity contribution in [2.24, 2.45) is 0 Å². The first-order valence-electron chi connectivity index (χ1n) is 5.80. The summed E-state index contributed by atoms with van der Waals surface area (Å²) in [6, 6.07) is 7.27. The highest BCUT2D eigenvalue weighted by atomic mass is 16.5. The molecule has 0 aliphatic carbocycles. The number of nitrogens with zero attached hydrogens (tertiary/aromatic N) is 2. The third-order valence-electron chi connectivity index (χ3n) is 2.68. The highest BCUT2D eigenvalue weighted by Crippen LogP contribution is 2.30. The van der Waals surface area contributed by atoms with E-state index in [1.165, 1.54) is 0 Å². The molecule has 1 aromatic heterocycles. The summed E-state index contributed by atoms with van der Waals surface area (Å²) in [5.74, 6) is 0.0366. The van der Waals surface area contributed by atoms with Crippen LogP contribution in [0, 0.1) is 0 Å². The molecule has 0 saturated heterocycles. The molecular weight excluding hydrogens is 248 g/mol. The van der Waals surface area contributed by atoms with Crippen molar-refractivity contribution < 1.29 is 19.1 Å². The number of rotatable bonds is 5. The molecule has 0 amide bonds. The number of hydrogen-bond acceptors (Lipinski definition) is 5. The zero-order valence-electron chi connectivity index (χ0n) is 10.7. The molecule has 0 bridgehead atoms. The maximum atomic E-state index is 10.7. The van der Waals surface area contributed by atoms with E-state index in [1.54, 1.807) is 26.2 Å². The predicted octanol–water partition coefficient (Wildman–Crippen LogP) is 2.32. The van der Waals surface area contributed by atoms with Crippen LogP contribution in [0.4, 0.5) is 0 Å². The quantitative estimate of drug-likeness (QED) is 0.890. The summed E-state index contributed by atoms with van der Waals surface area (Å²) in [5, 5.41) is 16.6. The van der Waals surface area contributed by atoms with Crippen LogP contribution in [-0.4, -0.2) is 28.4 Å². The van der Waals surface area contributed by atoms with Gasteiger partial charge in [0.1, 0.15) is 5.75 Å². The molecule has 0 aliphatic heterocycles. The Balaban J connectivity index is 2.28. The summed E-state index contributed by atoms with van der Waals surface area (Å²) >= 11 is 0. The van der Waals surface area contributed by atoms with Crippen LogP contribution in [0.2, 0.25) is 0 Å². The van der Waals surface area contributed by atoms with E-state index in [4.69, 9.17) is 14.3 Å². The Morgan fingerprint density at radius 2 is 2.16 bits per heavy atom. The molecule has 2 aromatic rings. The standard InChI is InChI=1S/C13H14N2O4/c1-8(7-11(16)17)12-14-15-13(19-12)9-5-3-4-6-10(9)18-2/h3-6,8H,7H2,1-2H3,(H,16,17). The van der Waals surface area contributed by atoms with Crippen molar-refractivity contribution in [3.05, 3.63) is 30.2 Å². The van der Waals surface area contributed by atoms with E-state index < -0.39 is 5.97 Å². The first-order chi connectivity index (χ1) is 9.11. The van der Waals surface area contributed by atoms with E-state index in [0.717, 1.165) is 0 Å². The third kappa shape index (κ3) is 2.90. The van der Waals surface area contributed by atoms with Crippen LogP contribution in [0.1, 0.15) is 25.2 Å². The molecule has 6 nitrogen and oxygen atoms in total. The molecule has 1 aromatic carbocycles. The summed E-state index contributed by atoms with van der Waals surface area (Å²) in [5.41, 5.74) is 0.686. The van der Waals surface area contributed by atoms with Crippen molar-refractivity contribution in [1.82, 2.24) is 10.2 Å². The van der Waals surface area contributed by atoms with Crippen molar-refractivity contribution in [2.45, 2.75) is 19.3 Å². The maximum absolute atomic E-state index is 10.7. The molecule has 1 unspecified atom stereocenters. The van der Waals surface area contributed by atoms with Crippen LogP contribution in [0.15, 0.2) is 28.7 Å². The summed E-state index contributed by atoms with van der Waals surface area (Å²) in [6.07, 6.45) is -0.0481. The largest absolute Gasteiger partial charge is 0.496 e. The fraction of sp³-hybridized carbons (Fsp3) is 0.308. The van der Waals surface area contributed by atoms with Gasteiger partial charge < -0.3 is 14.3 Å². The zero-order valence-corrected chi connectivity index (χ0v) is 10.7. The molecule has 0 fully saturated rings. The van der Waals surface area contributed by atoms with Crippen LogP contribution in [0.5, 0.6) is 5.75 Å². The molecular formula is C13H14N2O4. The normalized spacial score (nSPS) is 12.1. The minimum absolute atomic E-state index is 0.0481. The van der Waals surface area contributed by atoms with Crippen molar-refractivity contribution in [3.8, 4) is 17.2 Å². The smallest absolute Gasteiger partial charge is 0.304 e. The van der Waals surface area contributed by atoms with E-state index in [9.17, 15) is 4.79 Å². The van der Waals surface area contributed by atoms with Crippen LogP contribution in [0.3, 0.4) is 0 Å². The lowest BCUT2D eigenvalue weighted by Crippen LogP contribution is -2.02. The molecule has 1 N–H and O–H groups in total. The second kappa shape index (κ2) is 5.51. The zero-order chi connectivity index (χ0) is 13.8. The molecule has 100 valence electrons. The first kappa shape index (κ1) is 13.1. The number of carboxylic acids is 1. The lowest BCUT2D eigenvalue weighted by atomic mass is 10.1. The number of aromatic nitrogens is 2. The Bertz CT molecular complexity index is 580. The molecule has 1 atom stereocenters. The van der Waals surface area contributed by atoms with Gasteiger partial charge in [0.15, 0.2) is 0 Å². The molecule has 19 heavy (non-hydrogen) atoms. The highest BCUT2D eigenvalue weighted by Gasteiger charge is 2.19. The number of methoxy groups -OCH3 is 1. The summed E-state index contributed by atoms with van der Waals surface area (Å²) < 4.78 is 10.7. The van der Waals surface area contributed by atoms with Gasteiger partial charge in [0.25, 0.3) is 5.89 Å². The van der Waals surface area contributed by atoms with E-state index in [2.05, 4.69) is 10.2 Å². The molecule has 0 aliphatic rings. The van der Waals surface area contributed by atoms with Crippen LogP contribution in [-0.2, 0) is 4.79 Å². The van der Waals surface area contributed by atoms with Gasteiger partial charge >= 0.3 is 5.97 Å². The molecule has 1 heterocycles. The Kier molecular flexibility index (Phi) is 3.79. The Labute approximate surface area is 110 Å². The number of ether oxygens (including phenoxy) is 1. The van der Waals surface area contributed by atoms with Gasteiger partial charge in [-0.1, -0.05) is 19.1 Å². The molecule has 0 spiro atoms. The monoisotopic (exact) mass is 262 g/mol. The van der Waals surface area contributed by atoms with Crippen LogP contribution >= 0.6 is 0 Å². The average molecular weight is 262 g/mol. The Morgan fingerprint density at radius 1 is 1.42 bits per heavy atom. The van der Waals surface area contributed by atoms with Crippen molar-refractivity contribution in [2.75, 3.05) is 7.11 Å². The maximum Gasteiger partial charge on any atom is 0.304 e. The molecule has 0 saturated carbocycles. The topological polar surface area (TPSA) is 85.5 Å². The highest BCUT2D eigenvalue weighted by molar-refractivity contribution is 5.67. The Morgan fingerprint density at radius 3 is 2.84 bits per heavy atom. The summed E-state index contributed by atoms with van der Waals surface area (Å²) in [4.78, 5) is 10.7. The van der Waals surface area contributed by atoms with Gasteiger partial charge in [-0.3, -0.25) is 4.79 Å². The van der Waals surface area contributed by atoms with Crippen molar-refractivity contribution in [3.63, 3.8) is 0 Å². The first-order valence-corrected chi connectivity index (χ1v) is 5.80. The number of benzene rings is 1. The minimum atomic E-state index is -0.899. The van der Waals surface area contributed by atoms with Crippen molar-refractivity contribution >= 4 is 5.97 Å². The third-order valence-corrected chi connectivity index (χ3v) is 2.68. The van der Waals surface area contributed by atoms with Gasteiger partial charge in [0.2, 0.25) is 5.89 Å². The average Bonchev–Trinajstić information content (AvgIpc) is 2.87. The van der Waals surface area contributed by atoms with Crippen molar-refractivity contribution in [1.29, 1.82) is 0 Å². The lowest BCUT2D eigenvalue weighted by Gasteiger charge is -2.04. The van der Waals surface area contributed by atoms with Gasteiger partial charge in [0, 0.05) is 5.92 Å². The minimum Gasteiger partial charge on any atom is -0.496 e. The van der Waals surface area contributed by atoms with E-state index >= 15 is 0 Å². The van der Waals surface area contributed by atoms with E-state index in [-0.39, 0.29) is 12.3 Å². The molecule has 0 radical (unpaired) electrons.